The lowest BCUT2D eigenvalue weighted by Gasteiger charge is -2.13. The van der Waals surface area contributed by atoms with Gasteiger partial charge in [0.2, 0.25) is 0 Å². The van der Waals surface area contributed by atoms with Gasteiger partial charge in [-0.1, -0.05) is 0 Å². The Morgan fingerprint density at radius 1 is 0.833 bits per heavy atom. The highest BCUT2D eigenvalue weighted by atomic mass is 127. The predicted molar refractivity (Wildman–Crippen MR) is 62.2 cm³/mol. The number of nitrogen functional groups attached to an aromatic ring is 2. The highest BCUT2D eigenvalue weighted by Crippen LogP contribution is 2.31. The molecule has 0 amide bonds. The van der Waals surface area contributed by atoms with E-state index in [4.69, 9.17) is 11.5 Å². The van der Waals surface area contributed by atoms with Crippen LogP contribution in [0, 0.1) is 24.3 Å². The molecule has 0 unspecified atom stereocenters. The molecule has 1 aromatic rings. The van der Waals surface area contributed by atoms with E-state index in [1.807, 2.05) is 20.8 Å². The summed E-state index contributed by atoms with van der Waals surface area (Å²) in [5.74, 6) is 0. The van der Waals surface area contributed by atoms with Crippen LogP contribution in [-0.4, -0.2) is 0 Å². The molecule has 0 atom stereocenters. The summed E-state index contributed by atoms with van der Waals surface area (Å²) in [6.45, 7) is 6.01. The van der Waals surface area contributed by atoms with Crippen LogP contribution in [0.4, 0.5) is 11.4 Å². The molecule has 0 aliphatic rings. The first-order valence-electron chi connectivity index (χ1n) is 3.77. The van der Waals surface area contributed by atoms with Crippen LogP contribution in [0.25, 0.3) is 0 Å². The summed E-state index contributed by atoms with van der Waals surface area (Å²) in [7, 11) is 0. The van der Waals surface area contributed by atoms with Gasteiger partial charge in [0, 0.05) is 14.9 Å². The SMILES string of the molecule is Cc1c(C)c(N)c(I)c(C)c1N. The number of hydrogen-bond acceptors (Lipinski definition) is 2. The minimum absolute atomic E-state index is 0.861. The van der Waals surface area contributed by atoms with Gasteiger partial charge in [0.15, 0.2) is 0 Å². The predicted octanol–water partition coefficient (Wildman–Crippen LogP) is 2.38. The van der Waals surface area contributed by atoms with Gasteiger partial charge in [-0.2, -0.15) is 0 Å². The lowest BCUT2D eigenvalue weighted by molar-refractivity contribution is 1.29. The quantitative estimate of drug-likeness (QED) is 0.564. The first-order chi connectivity index (χ1) is 5.46. The average molecular weight is 276 g/mol. The van der Waals surface area contributed by atoms with Crippen LogP contribution in [0.5, 0.6) is 0 Å². The van der Waals surface area contributed by atoms with Crippen LogP contribution in [0.3, 0.4) is 0 Å². The van der Waals surface area contributed by atoms with Gasteiger partial charge in [0.25, 0.3) is 0 Å². The summed E-state index contributed by atoms with van der Waals surface area (Å²) in [6.07, 6.45) is 0. The molecule has 4 N–H and O–H groups in total. The second-order valence-corrected chi connectivity index (χ2v) is 4.10. The van der Waals surface area contributed by atoms with Crippen molar-refractivity contribution in [1.29, 1.82) is 0 Å². The van der Waals surface area contributed by atoms with Gasteiger partial charge in [-0.25, -0.2) is 0 Å². The number of anilines is 2. The normalized spacial score (nSPS) is 10.3. The molecule has 0 saturated heterocycles. The molecular weight excluding hydrogens is 263 g/mol. The van der Waals surface area contributed by atoms with E-state index in [0.717, 1.165) is 31.6 Å². The van der Waals surface area contributed by atoms with Crippen LogP contribution < -0.4 is 11.5 Å². The molecule has 2 nitrogen and oxygen atoms in total. The number of hydrogen-bond donors (Lipinski definition) is 2. The van der Waals surface area contributed by atoms with Gasteiger partial charge in [0.05, 0.1) is 0 Å². The van der Waals surface area contributed by atoms with E-state index in [0.29, 0.717) is 0 Å². The zero-order chi connectivity index (χ0) is 9.46. The molecule has 0 heterocycles. The van der Waals surface area contributed by atoms with Crippen molar-refractivity contribution in [3.05, 3.63) is 20.3 Å². The summed E-state index contributed by atoms with van der Waals surface area (Å²) < 4.78 is 1.08. The van der Waals surface area contributed by atoms with Crippen LogP contribution in [-0.2, 0) is 0 Å². The lowest BCUT2D eigenvalue weighted by Crippen LogP contribution is -2.04. The molecule has 0 spiro atoms. The van der Waals surface area contributed by atoms with Crippen LogP contribution in [0.1, 0.15) is 16.7 Å². The fourth-order valence-electron chi connectivity index (χ4n) is 1.17. The van der Waals surface area contributed by atoms with Gasteiger partial charge < -0.3 is 11.5 Å². The van der Waals surface area contributed by atoms with E-state index in [2.05, 4.69) is 22.6 Å². The van der Waals surface area contributed by atoms with Crippen molar-refractivity contribution in [2.24, 2.45) is 0 Å². The molecule has 0 fully saturated rings. The van der Waals surface area contributed by atoms with Crippen molar-refractivity contribution < 1.29 is 0 Å². The molecule has 0 aliphatic heterocycles. The third kappa shape index (κ3) is 1.26. The molecule has 3 heteroatoms. The van der Waals surface area contributed by atoms with Crippen molar-refractivity contribution in [3.63, 3.8) is 0 Å². The van der Waals surface area contributed by atoms with Gasteiger partial charge in [-0.05, 0) is 60.1 Å². The maximum Gasteiger partial charge on any atom is 0.0486 e. The first-order valence-corrected chi connectivity index (χ1v) is 4.85. The monoisotopic (exact) mass is 276 g/mol. The van der Waals surface area contributed by atoms with E-state index in [-0.39, 0.29) is 0 Å². The summed E-state index contributed by atoms with van der Waals surface area (Å²) in [4.78, 5) is 0. The topological polar surface area (TPSA) is 52.0 Å². The fourth-order valence-corrected chi connectivity index (χ4v) is 1.87. The average Bonchev–Trinajstić information content (AvgIpc) is 2.08. The maximum absolute atomic E-state index is 5.89. The number of rotatable bonds is 0. The summed E-state index contributed by atoms with van der Waals surface area (Å²) in [5.41, 5.74) is 16.8. The Bertz CT molecular complexity index is 227. The molecule has 0 saturated carbocycles. The Morgan fingerprint density at radius 2 is 1.25 bits per heavy atom. The molecule has 66 valence electrons. The van der Waals surface area contributed by atoms with E-state index in [1.165, 1.54) is 0 Å². The molecule has 1 aromatic carbocycles. The Kier molecular flexibility index (Phi) is 2.51. The highest BCUT2D eigenvalue weighted by Gasteiger charge is 2.10. The second-order valence-electron chi connectivity index (χ2n) is 3.02. The van der Waals surface area contributed by atoms with Crippen molar-refractivity contribution in [2.45, 2.75) is 20.8 Å². The van der Waals surface area contributed by atoms with E-state index >= 15 is 0 Å². The molecule has 0 radical (unpaired) electrons. The third-order valence-electron chi connectivity index (χ3n) is 2.34. The smallest absolute Gasteiger partial charge is 0.0486 e. The Hall–Kier alpha value is -0.450. The Balaban J connectivity index is 3.60. The summed E-state index contributed by atoms with van der Waals surface area (Å²) in [6, 6.07) is 0. The van der Waals surface area contributed by atoms with Crippen LogP contribution in [0.2, 0.25) is 0 Å². The largest absolute Gasteiger partial charge is 0.398 e. The standard InChI is InChI=1S/C9H13IN2/c1-4-5(2)9(12)7(10)6(3)8(4)11/h11-12H2,1-3H3. The number of nitrogens with two attached hydrogens (primary N) is 2. The Morgan fingerprint density at radius 3 is 1.75 bits per heavy atom. The number of halogens is 1. The summed E-state index contributed by atoms with van der Waals surface area (Å²) >= 11 is 2.23. The van der Waals surface area contributed by atoms with Gasteiger partial charge in [-0.15, -0.1) is 0 Å². The van der Waals surface area contributed by atoms with Gasteiger partial charge in [0.1, 0.15) is 0 Å². The van der Waals surface area contributed by atoms with E-state index in [1.54, 1.807) is 0 Å². The van der Waals surface area contributed by atoms with Crippen LogP contribution in [0.15, 0.2) is 0 Å². The van der Waals surface area contributed by atoms with E-state index in [9.17, 15) is 0 Å². The fraction of sp³-hybridized carbons (Fsp3) is 0.333. The van der Waals surface area contributed by atoms with E-state index < -0.39 is 0 Å². The second kappa shape index (κ2) is 3.12. The van der Waals surface area contributed by atoms with Crippen LogP contribution >= 0.6 is 22.6 Å². The maximum atomic E-state index is 5.89. The minimum Gasteiger partial charge on any atom is -0.398 e. The Labute approximate surface area is 86.5 Å². The number of benzene rings is 1. The molecule has 1 rings (SSSR count). The molecule has 12 heavy (non-hydrogen) atoms. The molecule has 0 aromatic heterocycles. The third-order valence-corrected chi connectivity index (χ3v) is 3.73. The van der Waals surface area contributed by atoms with Gasteiger partial charge in [-0.3, -0.25) is 0 Å². The van der Waals surface area contributed by atoms with Crippen molar-refractivity contribution >= 4 is 34.0 Å². The summed E-state index contributed by atoms with van der Waals surface area (Å²) in [5, 5.41) is 0. The first kappa shape index (κ1) is 9.64. The zero-order valence-electron chi connectivity index (χ0n) is 7.53. The molecular formula is C9H13IN2. The lowest BCUT2D eigenvalue weighted by atomic mass is 10.0. The minimum atomic E-state index is 0.861. The zero-order valence-corrected chi connectivity index (χ0v) is 9.69. The van der Waals surface area contributed by atoms with Crippen molar-refractivity contribution in [3.8, 4) is 0 Å². The highest BCUT2D eigenvalue weighted by molar-refractivity contribution is 14.1. The molecule has 0 aliphatic carbocycles. The van der Waals surface area contributed by atoms with Crippen molar-refractivity contribution in [2.75, 3.05) is 11.5 Å². The van der Waals surface area contributed by atoms with Gasteiger partial charge >= 0.3 is 0 Å². The molecule has 0 bridgehead atoms. The van der Waals surface area contributed by atoms with Crippen molar-refractivity contribution in [1.82, 2.24) is 0 Å².